The molecule has 0 aliphatic heterocycles. The van der Waals surface area contributed by atoms with Crippen LogP contribution < -0.4 is 5.32 Å². The summed E-state index contributed by atoms with van der Waals surface area (Å²) < 4.78 is 1.81. The van der Waals surface area contributed by atoms with Crippen molar-refractivity contribution < 1.29 is 9.59 Å². The van der Waals surface area contributed by atoms with Crippen LogP contribution in [-0.4, -0.2) is 32.5 Å². The normalized spacial score (nSPS) is 11.0. The Morgan fingerprint density at radius 2 is 1.96 bits per heavy atom. The van der Waals surface area contributed by atoms with Gasteiger partial charge in [-0.1, -0.05) is 18.2 Å². The molecule has 0 saturated carbocycles. The molecule has 0 radical (unpaired) electrons. The highest BCUT2D eigenvalue weighted by Gasteiger charge is 2.18. The minimum Gasteiger partial charge on any atom is -0.352 e. The number of carbonyl (C=O) groups excluding carboxylic acids is 2. The summed E-state index contributed by atoms with van der Waals surface area (Å²) in [5, 5.41) is 7.70. The number of nitrogens with zero attached hydrogens (tertiary/aromatic N) is 3. The molecule has 2 aromatic heterocycles. The Morgan fingerprint density at radius 3 is 2.63 bits per heavy atom. The van der Waals surface area contributed by atoms with Crippen LogP contribution in [0.15, 0.2) is 30.3 Å². The number of rotatable bonds is 6. The van der Waals surface area contributed by atoms with Crippen molar-refractivity contribution in [2.45, 2.75) is 26.7 Å². The summed E-state index contributed by atoms with van der Waals surface area (Å²) in [4.78, 5) is 28.4. The molecule has 1 aromatic carbocycles. The number of halogens is 1. The Balaban J connectivity index is 2.01. The number of para-hydroxylation sites is 1. The molecular formula is C20H21ClN4O2. The van der Waals surface area contributed by atoms with E-state index in [0.29, 0.717) is 18.5 Å². The van der Waals surface area contributed by atoms with Crippen LogP contribution >= 0.6 is 11.6 Å². The second-order valence-electron chi connectivity index (χ2n) is 6.46. The summed E-state index contributed by atoms with van der Waals surface area (Å²) in [6, 6.07) is 9.36. The maximum absolute atomic E-state index is 12.8. The second kappa shape index (κ2) is 7.88. The predicted octanol–water partition coefficient (Wildman–Crippen LogP) is 3.53. The molecule has 140 valence electrons. The molecule has 0 spiro atoms. The van der Waals surface area contributed by atoms with Crippen molar-refractivity contribution in [3.05, 3.63) is 47.3 Å². The van der Waals surface area contributed by atoms with E-state index in [1.165, 1.54) is 0 Å². The Labute approximate surface area is 162 Å². The summed E-state index contributed by atoms with van der Waals surface area (Å²) in [7, 11) is 1.89. The molecule has 0 bridgehead atoms. The van der Waals surface area contributed by atoms with E-state index in [0.717, 1.165) is 33.5 Å². The van der Waals surface area contributed by atoms with E-state index in [2.05, 4.69) is 10.4 Å². The minimum absolute atomic E-state index is 0.198. The van der Waals surface area contributed by atoms with Crippen molar-refractivity contribution in [1.82, 2.24) is 20.1 Å². The Morgan fingerprint density at radius 1 is 1.22 bits per heavy atom. The molecule has 1 amide bonds. The number of fused-ring (bicyclic) bond motifs is 1. The standard InChI is InChI=1S/C20H21ClN4O2/c1-12-19(13(2)25(3)24-12)17-11-15(14-7-4-5-8-16(14)23-17)20(27)22-10-6-9-18(21)26/h4-5,7-8,11H,6,9-10H2,1-3H3,(H,22,27). The maximum Gasteiger partial charge on any atom is 0.252 e. The van der Waals surface area contributed by atoms with Gasteiger partial charge in [-0.25, -0.2) is 4.98 Å². The Kier molecular flexibility index (Phi) is 5.56. The van der Waals surface area contributed by atoms with Gasteiger partial charge < -0.3 is 5.32 Å². The number of amides is 1. The maximum atomic E-state index is 12.8. The van der Waals surface area contributed by atoms with E-state index >= 15 is 0 Å². The largest absolute Gasteiger partial charge is 0.352 e. The lowest BCUT2D eigenvalue weighted by molar-refractivity contribution is -0.111. The van der Waals surface area contributed by atoms with Gasteiger partial charge >= 0.3 is 0 Å². The van der Waals surface area contributed by atoms with Gasteiger partial charge in [0, 0.05) is 36.7 Å². The quantitative estimate of drug-likeness (QED) is 0.521. The fourth-order valence-electron chi connectivity index (χ4n) is 3.16. The topological polar surface area (TPSA) is 76.9 Å². The number of benzene rings is 1. The average Bonchev–Trinajstić information content (AvgIpc) is 2.89. The summed E-state index contributed by atoms with van der Waals surface area (Å²) in [6.45, 7) is 4.30. The smallest absolute Gasteiger partial charge is 0.252 e. The van der Waals surface area contributed by atoms with E-state index in [1.807, 2.05) is 49.8 Å². The van der Waals surface area contributed by atoms with Crippen LogP contribution in [0.3, 0.4) is 0 Å². The molecular weight excluding hydrogens is 364 g/mol. The van der Waals surface area contributed by atoms with Gasteiger partial charge in [0.15, 0.2) is 0 Å². The van der Waals surface area contributed by atoms with Crippen molar-refractivity contribution in [1.29, 1.82) is 0 Å². The van der Waals surface area contributed by atoms with Crippen molar-refractivity contribution in [3.8, 4) is 11.3 Å². The molecule has 0 saturated heterocycles. The average molecular weight is 385 g/mol. The fraction of sp³-hybridized carbons (Fsp3) is 0.300. The van der Waals surface area contributed by atoms with Gasteiger partial charge in [0.05, 0.1) is 22.5 Å². The van der Waals surface area contributed by atoms with Crippen LogP contribution in [0.25, 0.3) is 22.2 Å². The van der Waals surface area contributed by atoms with Gasteiger partial charge in [0.2, 0.25) is 5.24 Å². The molecule has 0 atom stereocenters. The molecule has 1 N–H and O–H groups in total. The first-order chi connectivity index (χ1) is 12.9. The highest BCUT2D eigenvalue weighted by Crippen LogP contribution is 2.29. The van der Waals surface area contributed by atoms with Gasteiger partial charge in [-0.15, -0.1) is 0 Å². The highest BCUT2D eigenvalue weighted by molar-refractivity contribution is 6.63. The summed E-state index contributed by atoms with van der Waals surface area (Å²) in [6.07, 6.45) is 0.739. The zero-order valence-corrected chi connectivity index (χ0v) is 16.3. The monoisotopic (exact) mass is 384 g/mol. The number of nitrogens with one attached hydrogen (secondary N) is 1. The Bertz CT molecular complexity index is 1030. The number of hydrogen-bond acceptors (Lipinski definition) is 4. The first-order valence-electron chi connectivity index (χ1n) is 8.75. The zero-order chi connectivity index (χ0) is 19.6. The number of aryl methyl sites for hydroxylation is 2. The van der Waals surface area contributed by atoms with Gasteiger partial charge in [-0.3, -0.25) is 14.3 Å². The van der Waals surface area contributed by atoms with E-state index < -0.39 is 5.24 Å². The van der Waals surface area contributed by atoms with Gasteiger partial charge in [-0.2, -0.15) is 5.10 Å². The number of pyridine rings is 1. The molecule has 0 fully saturated rings. The third-order valence-electron chi connectivity index (χ3n) is 4.56. The lowest BCUT2D eigenvalue weighted by atomic mass is 10.0. The van der Waals surface area contributed by atoms with E-state index in [1.54, 1.807) is 6.07 Å². The summed E-state index contributed by atoms with van der Waals surface area (Å²) >= 11 is 5.34. The van der Waals surface area contributed by atoms with Gasteiger partial charge in [0.25, 0.3) is 5.91 Å². The van der Waals surface area contributed by atoms with E-state index in [9.17, 15) is 9.59 Å². The van der Waals surface area contributed by atoms with Crippen LogP contribution in [0.5, 0.6) is 0 Å². The molecule has 2 heterocycles. The number of carbonyl (C=O) groups is 2. The van der Waals surface area contributed by atoms with Crippen molar-refractivity contribution in [2.24, 2.45) is 7.05 Å². The number of aromatic nitrogens is 3. The van der Waals surface area contributed by atoms with Crippen LogP contribution in [-0.2, 0) is 11.8 Å². The molecule has 27 heavy (non-hydrogen) atoms. The molecule has 0 aliphatic rings. The van der Waals surface area contributed by atoms with Gasteiger partial charge in [0.1, 0.15) is 0 Å². The van der Waals surface area contributed by atoms with Gasteiger partial charge in [-0.05, 0) is 44.0 Å². The molecule has 0 unspecified atom stereocenters. The first-order valence-corrected chi connectivity index (χ1v) is 9.13. The van der Waals surface area contributed by atoms with E-state index in [-0.39, 0.29) is 12.3 Å². The summed E-state index contributed by atoms with van der Waals surface area (Å²) in [5.74, 6) is -0.198. The lowest BCUT2D eigenvalue weighted by Gasteiger charge is -2.11. The second-order valence-corrected chi connectivity index (χ2v) is 6.88. The molecule has 3 aromatic rings. The van der Waals surface area contributed by atoms with Crippen LogP contribution in [0.4, 0.5) is 0 Å². The third kappa shape index (κ3) is 4.01. The molecule has 7 heteroatoms. The van der Waals surface area contributed by atoms with Crippen LogP contribution in [0.2, 0.25) is 0 Å². The highest BCUT2D eigenvalue weighted by atomic mass is 35.5. The molecule has 0 aliphatic carbocycles. The minimum atomic E-state index is -0.400. The third-order valence-corrected chi connectivity index (χ3v) is 4.75. The number of hydrogen-bond donors (Lipinski definition) is 1. The zero-order valence-electron chi connectivity index (χ0n) is 15.5. The lowest BCUT2D eigenvalue weighted by Crippen LogP contribution is -2.25. The van der Waals surface area contributed by atoms with E-state index in [4.69, 9.17) is 16.6 Å². The molecule has 3 rings (SSSR count). The molecule has 6 nitrogen and oxygen atoms in total. The van der Waals surface area contributed by atoms with Crippen LogP contribution in [0.1, 0.15) is 34.6 Å². The SMILES string of the molecule is Cc1nn(C)c(C)c1-c1cc(C(=O)NCCCC(=O)Cl)c2ccccc2n1. The van der Waals surface area contributed by atoms with Crippen molar-refractivity contribution in [2.75, 3.05) is 6.54 Å². The Hall–Kier alpha value is -2.73. The van der Waals surface area contributed by atoms with Crippen molar-refractivity contribution in [3.63, 3.8) is 0 Å². The van der Waals surface area contributed by atoms with Crippen LogP contribution in [0, 0.1) is 13.8 Å². The summed E-state index contributed by atoms with van der Waals surface area (Å²) in [5.41, 5.74) is 4.81. The predicted molar refractivity (Wildman–Crippen MR) is 106 cm³/mol. The first kappa shape index (κ1) is 19.0. The van der Waals surface area contributed by atoms with Crippen molar-refractivity contribution >= 4 is 33.7 Å². The fourth-order valence-corrected chi connectivity index (χ4v) is 3.29.